The number of primary amides is 1. The fraction of sp³-hybridized carbons (Fsp3) is 0.409. The van der Waals surface area contributed by atoms with Crippen molar-refractivity contribution in [2.45, 2.75) is 49.4 Å². The van der Waals surface area contributed by atoms with Gasteiger partial charge in [-0.15, -0.1) is 0 Å². The quantitative estimate of drug-likeness (QED) is 0.696. The second-order valence-electron chi connectivity index (χ2n) is 7.88. The van der Waals surface area contributed by atoms with Gasteiger partial charge in [0.1, 0.15) is 17.5 Å². The van der Waals surface area contributed by atoms with Crippen LogP contribution in [0.2, 0.25) is 0 Å². The monoisotopic (exact) mass is 445 g/mol. The number of likely N-dealkylation sites (tertiary alicyclic amines) is 1. The van der Waals surface area contributed by atoms with Gasteiger partial charge >= 0.3 is 0 Å². The Labute approximate surface area is 182 Å². The minimum absolute atomic E-state index is 0.0414. The van der Waals surface area contributed by atoms with Gasteiger partial charge in [0.15, 0.2) is 9.84 Å². The van der Waals surface area contributed by atoms with E-state index in [1.54, 1.807) is 49.1 Å². The third-order valence-electron chi connectivity index (χ3n) is 5.25. The number of aromatic nitrogens is 1. The maximum atomic E-state index is 12.8. The van der Waals surface area contributed by atoms with Crippen molar-refractivity contribution in [3.05, 3.63) is 53.9 Å². The van der Waals surface area contributed by atoms with Gasteiger partial charge < -0.3 is 15.4 Å². The summed E-state index contributed by atoms with van der Waals surface area (Å²) in [5.41, 5.74) is 6.14. The van der Waals surface area contributed by atoms with Crippen molar-refractivity contribution in [1.29, 1.82) is 0 Å². The molecule has 1 saturated heterocycles. The van der Waals surface area contributed by atoms with E-state index in [1.165, 1.54) is 12.3 Å². The van der Waals surface area contributed by atoms with Crippen molar-refractivity contribution in [3.8, 4) is 5.75 Å². The Hall–Kier alpha value is -2.94. The van der Waals surface area contributed by atoms with E-state index in [-0.39, 0.29) is 29.0 Å². The third-order valence-corrected chi connectivity index (χ3v) is 7.42. The van der Waals surface area contributed by atoms with Crippen molar-refractivity contribution < 1.29 is 22.7 Å². The van der Waals surface area contributed by atoms with E-state index in [2.05, 4.69) is 4.98 Å². The highest BCUT2D eigenvalue weighted by Gasteiger charge is 2.25. The van der Waals surface area contributed by atoms with Crippen molar-refractivity contribution in [1.82, 2.24) is 9.88 Å². The molecular weight excluding hydrogens is 418 g/mol. The number of hydrogen-bond donors (Lipinski definition) is 1. The molecule has 0 radical (unpaired) electrons. The molecule has 1 fully saturated rings. The Bertz CT molecular complexity index is 1050. The van der Waals surface area contributed by atoms with Gasteiger partial charge in [0, 0.05) is 18.8 Å². The molecule has 1 aromatic carbocycles. The molecule has 1 atom stereocenters. The minimum atomic E-state index is -3.33. The number of nitrogens with zero attached hydrogens (tertiary/aromatic N) is 2. The predicted molar refractivity (Wildman–Crippen MR) is 115 cm³/mol. The predicted octanol–water partition coefficient (Wildman–Crippen LogP) is 1.98. The van der Waals surface area contributed by atoms with E-state index < -0.39 is 21.0 Å². The third kappa shape index (κ3) is 5.61. The number of rotatable bonds is 7. The number of hydrogen-bond acceptors (Lipinski definition) is 6. The van der Waals surface area contributed by atoms with E-state index >= 15 is 0 Å². The van der Waals surface area contributed by atoms with Gasteiger partial charge in [0.25, 0.3) is 5.91 Å². The molecule has 31 heavy (non-hydrogen) atoms. The van der Waals surface area contributed by atoms with Gasteiger partial charge in [0.2, 0.25) is 5.91 Å². The van der Waals surface area contributed by atoms with Crippen LogP contribution in [-0.2, 0) is 21.1 Å². The van der Waals surface area contributed by atoms with Gasteiger partial charge in [-0.3, -0.25) is 14.6 Å². The summed E-state index contributed by atoms with van der Waals surface area (Å²) in [5, 5.41) is -0.496. The zero-order valence-corrected chi connectivity index (χ0v) is 18.5. The smallest absolute Gasteiger partial charge is 0.267 e. The lowest BCUT2D eigenvalue weighted by atomic mass is 10.1. The Morgan fingerprint density at radius 2 is 1.94 bits per heavy atom. The number of sulfone groups is 1. The number of carbonyl (C=O) groups excluding carboxylic acids is 2. The van der Waals surface area contributed by atoms with E-state index in [4.69, 9.17) is 10.5 Å². The average Bonchev–Trinajstić information content (AvgIpc) is 2.74. The molecule has 1 aromatic heterocycles. The highest BCUT2D eigenvalue weighted by Crippen LogP contribution is 2.21. The van der Waals surface area contributed by atoms with Gasteiger partial charge in [-0.1, -0.05) is 12.1 Å². The van der Waals surface area contributed by atoms with Crippen molar-refractivity contribution in [2.24, 2.45) is 5.73 Å². The standard InChI is InChI=1S/C22H27N3O5S/c1-15(2)31(28,29)19-7-5-16(6-8-19)12-21(26)25-11-3-4-18(14-25)30-17-9-10-24-20(13-17)22(23)27/h5-10,13,15,18H,3-4,11-12,14H2,1-2H3,(H2,23,27). The molecule has 2 amide bonds. The summed E-state index contributed by atoms with van der Waals surface area (Å²) in [5.74, 6) is -0.177. The molecule has 2 N–H and O–H groups in total. The summed E-state index contributed by atoms with van der Waals surface area (Å²) < 4.78 is 30.4. The fourth-order valence-corrected chi connectivity index (χ4v) is 4.49. The molecule has 8 nitrogen and oxygen atoms in total. The first kappa shape index (κ1) is 22.7. The van der Waals surface area contributed by atoms with Crippen LogP contribution in [0.5, 0.6) is 5.75 Å². The number of piperidine rings is 1. The molecule has 2 aromatic rings. The van der Waals surface area contributed by atoms with Crippen LogP contribution < -0.4 is 10.5 Å². The van der Waals surface area contributed by atoms with E-state index in [9.17, 15) is 18.0 Å². The average molecular weight is 446 g/mol. The molecule has 1 unspecified atom stereocenters. The number of pyridine rings is 1. The molecule has 1 aliphatic heterocycles. The van der Waals surface area contributed by atoms with Crippen LogP contribution in [0, 0.1) is 0 Å². The summed E-state index contributed by atoms with van der Waals surface area (Å²) in [6.07, 6.45) is 3.05. The Morgan fingerprint density at radius 1 is 1.23 bits per heavy atom. The van der Waals surface area contributed by atoms with Crippen LogP contribution in [-0.4, -0.2) is 54.6 Å². The number of benzene rings is 1. The number of ether oxygens (including phenoxy) is 1. The van der Waals surface area contributed by atoms with Gasteiger partial charge in [-0.2, -0.15) is 0 Å². The maximum Gasteiger partial charge on any atom is 0.267 e. The molecule has 1 aliphatic rings. The molecule has 0 saturated carbocycles. The fourth-order valence-electron chi connectivity index (χ4n) is 3.43. The lowest BCUT2D eigenvalue weighted by Crippen LogP contribution is -2.45. The van der Waals surface area contributed by atoms with Crippen LogP contribution in [0.15, 0.2) is 47.5 Å². The minimum Gasteiger partial charge on any atom is -0.488 e. The van der Waals surface area contributed by atoms with Gasteiger partial charge in [-0.05, 0) is 50.5 Å². The lowest BCUT2D eigenvalue weighted by Gasteiger charge is -2.33. The van der Waals surface area contributed by atoms with Crippen LogP contribution in [0.3, 0.4) is 0 Å². The molecule has 0 spiro atoms. The summed E-state index contributed by atoms with van der Waals surface area (Å²) in [6, 6.07) is 9.64. The zero-order valence-electron chi connectivity index (χ0n) is 17.7. The largest absolute Gasteiger partial charge is 0.488 e. The Morgan fingerprint density at radius 3 is 2.58 bits per heavy atom. The number of amides is 2. The van der Waals surface area contributed by atoms with Crippen molar-refractivity contribution in [2.75, 3.05) is 13.1 Å². The molecule has 2 heterocycles. The number of nitrogens with two attached hydrogens (primary N) is 1. The molecule has 3 rings (SSSR count). The molecule has 0 bridgehead atoms. The Kier molecular flexibility index (Phi) is 6.94. The molecule has 0 aliphatic carbocycles. The first-order valence-corrected chi connectivity index (χ1v) is 11.7. The first-order chi connectivity index (χ1) is 14.7. The molecule has 166 valence electrons. The molecule has 9 heteroatoms. The SMILES string of the molecule is CC(C)S(=O)(=O)c1ccc(CC(=O)N2CCCC(Oc3ccnc(C(N)=O)c3)C2)cc1. The summed E-state index contributed by atoms with van der Waals surface area (Å²) in [6.45, 7) is 4.36. The van der Waals surface area contributed by atoms with Crippen LogP contribution in [0.25, 0.3) is 0 Å². The maximum absolute atomic E-state index is 12.8. The summed E-state index contributed by atoms with van der Waals surface area (Å²) >= 11 is 0. The van der Waals surface area contributed by atoms with E-state index in [0.717, 1.165) is 18.4 Å². The summed E-state index contributed by atoms with van der Waals surface area (Å²) in [4.78, 5) is 30.0. The number of carbonyl (C=O) groups is 2. The topological polar surface area (TPSA) is 120 Å². The van der Waals surface area contributed by atoms with Gasteiger partial charge in [-0.25, -0.2) is 8.42 Å². The first-order valence-electron chi connectivity index (χ1n) is 10.2. The molecular formula is C22H27N3O5S. The second-order valence-corrected chi connectivity index (χ2v) is 10.4. The highest BCUT2D eigenvalue weighted by atomic mass is 32.2. The van der Waals surface area contributed by atoms with E-state index in [0.29, 0.717) is 18.8 Å². The van der Waals surface area contributed by atoms with Crippen molar-refractivity contribution >= 4 is 21.7 Å². The van der Waals surface area contributed by atoms with Gasteiger partial charge in [0.05, 0.1) is 23.1 Å². The van der Waals surface area contributed by atoms with Crippen LogP contribution >= 0.6 is 0 Å². The Balaban J connectivity index is 1.61. The van der Waals surface area contributed by atoms with Crippen LogP contribution in [0.4, 0.5) is 0 Å². The van der Waals surface area contributed by atoms with Crippen molar-refractivity contribution in [3.63, 3.8) is 0 Å². The van der Waals surface area contributed by atoms with Crippen LogP contribution in [0.1, 0.15) is 42.7 Å². The normalized spacial score (nSPS) is 16.9. The zero-order chi connectivity index (χ0) is 22.6. The highest BCUT2D eigenvalue weighted by molar-refractivity contribution is 7.92. The lowest BCUT2D eigenvalue weighted by molar-refractivity contribution is -0.133. The summed E-state index contributed by atoms with van der Waals surface area (Å²) in [7, 11) is -3.33. The van der Waals surface area contributed by atoms with E-state index in [1.807, 2.05) is 0 Å². The second kappa shape index (κ2) is 9.47.